The van der Waals surface area contributed by atoms with Crippen LogP contribution < -0.4 is 11.1 Å². The zero-order valence-electron chi connectivity index (χ0n) is 11.4. The monoisotopic (exact) mass is 295 g/mol. The molecule has 0 bridgehead atoms. The lowest BCUT2D eigenvalue weighted by Gasteiger charge is -2.16. The minimum Gasteiger partial charge on any atom is -0.368 e. The molecule has 0 radical (unpaired) electrons. The Bertz CT molecular complexity index is 584. The molecule has 0 aliphatic carbocycles. The van der Waals surface area contributed by atoms with Gasteiger partial charge in [0.2, 0.25) is 11.8 Å². The zero-order valence-corrected chi connectivity index (χ0v) is 11.4. The van der Waals surface area contributed by atoms with E-state index in [1.54, 1.807) is 6.92 Å². The molecule has 0 aromatic heterocycles. The quantitative estimate of drug-likeness (QED) is 0.820. The first-order chi connectivity index (χ1) is 9.83. The molecule has 5 nitrogen and oxygen atoms in total. The fourth-order valence-electron chi connectivity index (χ4n) is 1.74. The van der Waals surface area contributed by atoms with Crippen LogP contribution in [-0.4, -0.2) is 17.9 Å². The number of halogens is 2. The fourth-order valence-corrected chi connectivity index (χ4v) is 1.74. The summed E-state index contributed by atoms with van der Waals surface area (Å²) in [6.07, 6.45) is -0.277. The molecule has 0 aliphatic heterocycles. The molecule has 7 heteroatoms. The molecule has 112 valence electrons. The number of nitrogens with zero attached hydrogens (tertiary/aromatic N) is 1. The molecule has 0 fully saturated rings. The molecule has 0 saturated carbocycles. The standard InChI is InChI=1S/C14H15F2N3O2/c1-8(7-17)4-12(14(18)21)19-13(20)5-9-2-3-10(15)6-11(9)16/h2-3,6,8,12H,4-5H2,1H3,(H2,18,21)(H,19,20)/t8-,12+/m0/s1. The maximum absolute atomic E-state index is 13.4. The van der Waals surface area contributed by atoms with Crippen LogP contribution in [0.5, 0.6) is 0 Å². The van der Waals surface area contributed by atoms with E-state index in [1.165, 1.54) is 0 Å². The number of hydrogen-bond acceptors (Lipinski definition) is 3. The number of carbonyl (C=O) groups excluding carboxylic acids is 2. The zero-order chi connectivity index (χ0) is 16.0. The first-order valence-corrected chi connectivity index (χ1v) is 6.25. The molecule has 2 atom stereocenters. The van der Waals surface area contributed by atoms with E-state index in [0.29, 0.717) is 6.07 Å². The van der Waals surface area contributed by atoms with E-state index in [9.17, 15) is 18.4 Å². The lowest BCUT2D eigenvalue weighted by Crippen LogP contribution is -2.45. The molecule has 1 rings (SSSR count). The third kappa shape index (κ3) is 5.18. The van der Waals surface area contributed by atoms with Gasteiger partial charge in [0.25, 0.3) is 0 Å². The van der Waals surface area contributed by atoms with Gasteiger partial charge < -0.3 is 11.1 Å². The summed E-state index contributed by atoms with van der Waals surface area (Å²) in [5, 5.41) is 11.0. The highest BCUT2D eigenvalue weighted by Gasteiger charge is 2.21. The van der Waals surface area contributed by atoms with Crippen LogP contribution >= 0.6 is 0 Å². The van der Waals surface area contributed by atoms with Crippen molar-refractivity contribution in [3.63, 3.8) is 0 Å². The Morgan fingerprint density at radius 2 is 2.10 bits per heavy atom. The summed E-state index contributed by atoms with van der Waals surface area (Å²) in [6.45, 7) is 1.59. The van der Waals surface area contributed by atoms with Crippen LogP contribution in [0.3, 0.4) is 0 Å². The molecule has 0 aliphatic rings. The van der Waals surface area contributed by atoms with E-state index in [2.05, 4.69) is 5.32 Å². The van der Waals surface area contributed by atoms with Gasteiger partial charge in [0, 0.05) is 12.0 Å². The van der Waals surface area contributed by atoms with E-state index >= 15 is 0 Å². The van der Waals surface area contributed by atoms with Crippen molar-refractivity contribution in [3.05, 3.63) is 35.4 Å². The molecule has 0 heterocycles. The molecule has 3 N–H and O–H groups in total. The third-order valence-electron chi connectivity index (χ3n) is 2.85. The van der Waals surface area contributed by atoms with E-state index in [0.717, 1.165) is 12.1 Å². The minimum absolute atomic E-state index is 0.00505. The van der Waals surface area contributed by atoms with E-state index < -0.39 is 35.4 Å². The molecule has 0 spiro atoms. The van der Waals surface area contributed by atoms with Gasteiger partial charge in [-0.2, -0.15) is 5.26 Å². The molecule has 1 aromatic rings. The van der Waals surface area contributed by atoms with E-state index in [1.807, 2.05) is 6.07 Å². The Kier molecular flexibility index (Phi) is 5.79. The van der Waals surface area contributed by atoms with Crippen molar-refractivity contribution in [2.45, 2.75) is 25.8 Å². The van der Waals surface area contributed by atoms with Gasteiger partial charge in [0.1, 0.15) is 17.7 Å². The van der Waals surface area contributed by atoms with Gasteiger partial charge >= 0.3 is 0 Å². The number of benzene rings is 1. The van der Waals surface area contributed by atoms with Gasteiger partial charge in [0.05, 0.1) is 12.5 Å². The predicted octanol–water partition coefficient (Wildman–Crippen LogP) is 1.03. The maximum Gasteiger partial charge on any atom is 0.240 e. The predicted molar refractivity (Wildman–Crippen MR) is 70.6 cm³/mol. The lowest BCUT2D eigenvalue weighted by atomic mass is 10.0. The first-order valence-electron chi connectivity index (χ1n) is 6.25. The first kappa shape index (κ1) is 16.6. The fraction of sp³-hybridized carbons (Fsp3) is 0.357. The lowest BCUT2D eigenvalue weighted by molar-refractivity contribution is -0.127. The number of hydrogen-bond donors (Lipinski definition) is 2. The van der Waals surface area contributed by atoms with Gasteiger partial charge in [-0.3, -0.25) is 9.59 Å². The third-order valence-corrected chi connectivity index (χ3v) is 2.85. The SMILES string of the molecule is C[C@H](C#N)C[C@@H](NC(=O)Cc1ccc(F)cc1F)C(N)=O. The van der Waals surface area contributed by atoms with Crippen molar-refractivity contribution in [1.82, 2.24) is 5.32 Å². The molecular formula is C14H15F2N3O2. The van der Waals surface area contributed by atoms with Crippen LogP contribution in [0.2, 0.25) is 0 Å². The molecule has 0 saturated heterocycles. The molecule has 21 heavy (non-hydrogen) atoms. The maximum atomic E-state index is 13.4. The molecule has 1 aromatic carbocycles. The van der Waals surface area contributed by atoms with E-state index in [4.69, 9.17) is 11.0 Å². The van der Waals surface area contributed by atoms with Gasteiger partial charge in [0.15, 0.2) is 0 Å². The number of nitriles is 1. The Labute approximate surface area is 120 Å². The summed E-state index contributed by atoms with van der Waals surface area (Å²) in [5.41, 5.74) is 5.15. The Morgan fingerprint density at radius 3 is 2.62 bits per heavy atom. The number of carbonyl (C=O) groups is 2. The average Bonchev–Trinajstić information content (AvgIpc) is 2.40. The second-order valence-corrected chi connectivity index (χ2v) is 4.70. The topological polar surface area (TPSA) is 96.0 Å². The van der Waals surface area contributed by atoms with Gasteiger partial charge in [-0.05, 0) is 25.0 Å². The second kappa shape index (κ2) is 7.33. The highest BCUT2D eigenvalue weighted by Crippen LogP contribution is 2.11. The number of nitrogens with two attached hydrogens (primary N) is 1. The molecular weight excluding hydrogens is 280 g/mol. The van der Waals surface area contributed by atoms with Crippen LogP contribution in [0.1, 0.15) is 18.9 Å². The van der Waals surface area contributed by atoms with Gasteiger partial charge in [-0.15, -0.1) is 0 Å². The van der Waals surface area contributed by atoms with Crippen molar-refractivity contribution in [2.24, 2.45) is 11.7 Å². The summed E-state index contributed by atoms with van der Waals surface area (Å²) in [4.78, 5) is 23.0. The highest BCUT2D eigenvalue weighted by molar-refractivity contribution is 5.87. The Morgan fingerprint density at radius 1 is 1.43 bits per heavy atom. The number of primary amides is 1. The summed E-state index contributed by atoms with van der Waals surface area (Å²) >= 11 is 0. The minimum atomic E-state index is -1.00. The summed E-state index contributed by atoms with van der Waals surface area (Å²) in [7, 11) is 0. The van der Waals surface area contributed by atoms with Crippen molar-refractivity contribution < 1.29 is 18.4 Å². The van der Waals surface area contributed by atoms with Crippen LogP contribution in [0.25, 0.3) is 0 Å². The number of amides is 2. The van der Waals surface area contributed by atoms with Crippen LogP contribution in [0, 0.1) is 28.9 Å². The number of rotatable bonds is 6. The molecule has 0 unspecified atom stereocenters. The van der Waals surface area contributed by atoms with Crippen molar-refractivity contribution in [2.75, 3.05) is 0 Å². The van der Waals surface area contributed by atoms with Gasteiger partial charge in [-0.25, -0.2) is 8.78 Å². The summed E-state index contributed by atoms with van der Waals surface area (Å²) in [5.74, 6) is -3.45. The Balaban J connectivity index is 2.70. The smallest absolute Gasteiger partial charge is 0.240 e. The van der Waals surface area contributed by atoms with Crippen LogP contribution in [0.15, 0.2) is 18.2 Å². The van der Waals surface area contributed by atoms with E-state index in [-0.39, 0.29) is 18.4 Å². The van der Waals surface area contributed by atoms with Crippen molar-refractivity contribution in [1.29, 1.82) is 5.26 Å². The average molecular weight is 295 g/mol. The Hall–Kier alpha value is -2.49. The largest absolute Gasteiger partial charge is 0.368 e. The van der Waals surface area contributed by atoms with Gasteiger partial charge in [-0.1, -0.05) is 6.07 Å². The van der Waals surface area contributed by atoms with Crippen molar-refractivity contribution >= 4 is 11.8 Å². The normalized spacial score (nSPS) is 13.0. The van der Waals surface area contributed by atoms with Crippen LogP contribution in [0.4, 0.5) is 8.78 Å². The number of nitrogens with one attached hydrogen (secondary N) is 1. The second-order valence-electron chi connectivity index (χ2n) is 4.70. The van der Waals surface area contributed by atoms with Crippen LogP contribution in [-0.2, 0) is 16.0 Å². The highest BCUT2D eigenvalue weighted by atomic mass is 19.1. The van der Waals surface area contributed by atoms with Crippen molar-refractivity contribution in [3.8, 4) is 6.07 Å². The summed E-state index contributed by atoms with van der Waals surface area (Å²) in [6, 6.07) is 3.79. The summed E-state index contributed by atoms with van der Waals surface area (Å²) < 4.78 is 26.2. The molecule has 2 amide bonds.